The van der Waals surface area contributed by atoms with Crippen LogP contribution in [-0.2, 0) is 9.22 Å². The first-order valence-corrected chi connectivity index (χ1v) is 10.1. The Kier molecular flexibility index (Phi) is 5.40. The smallest absolute Gasteiger partial charge is 0.300 e. The van der Waals surface area contributed by atoms with Gasteiger partial charge < -0.3 is 4.43 Å². The molecule has 0 radical (unpaired) electrons. The van der Waals surface area contributed by atoms with Crippen LogP contribution in [-0.4, -0.2) is 19.2 Å². The van der Waals surface area contributed by atoms with Gasteiger partial charge in [-0.1, -0.05) is 53.2 Å². The molecule has 0 amide bonds. The Hall–Kier alpha value is -0.613. The molecule has 4 heteroatoms. The molecule has 0 N–H and O–H groups in total. The van der Waals surface area contributed by atoms with Crippen LogP contribution in [0.15, 0.2) is 30.3 Å². The van der Waals surface area contributed by atoms with Crippen LogP contribution < -0.4 is 0 Å². The van der Waals surface area contributed by atoms with Crippen molar-refractivity contribution in [3.63, 3.8) is 0 Å². The molecule has 0 aliphatic carbocycles. The van der Waals surface area contributed by atoms with Gasteiger partial charge >= 0.3 is 0 Å². The average Bonchev–Trinajstić information content (AvgIpc) is 2.31. The standard InChI is InChI=1S/C13H19BrO2Si/c1-4-12(11-8-6-5-7-9-11)13(15)16-17(2,3)10-14/h5-9,12H,4,10H2,1-3H3. The molecule has 2 nitrogen and oxygen atoms in total. The molecule has 1 aromatic rings. The summed E-state index contributed by atoms with van der Waals surface area (Å²) in [5, 5.41) is 0. The lowest BCUT2D eigenvalue weighted by atomic mass is 9.97. The van der Waals surface area contributed by atoms with Crippen LogP contribution in [0.1, 0.15) is 24.8 Å². The van der Waals surface area contributed by atoms with Crippen LogP contribution in [0.3, 0.4) is 0 Å². The number of hydrogen-bond donors (Lipinski definition) is 0. The third-order valence-corrected chi connectivity index (χ3v) is 8.04. The van der Waals surface area contributed by atoms with Gasteiger partial charge in [0.05, 0.1) is 5.92 Å². The van der Waals surface area contributed by atoms with Crippen molar-refractivity contribution >= 4 is 30.2 Å². The maximum Gasteiger partial charge on any atom is 0.300 e. The van der Waals surface area contributed by atoms with Crippen LogP contribution in [0.25, 0.3) is 0 Å². The van der Waals surface area contributed by atoms with Crippen LogP contribution in [0.4, 0.5) is 0 Å². The van der Waals surface area contributed by atoms with E-state index in [-0.39, 0.29) is 11.9 Å². The van der Waals surface area contributed by atoms with Crippen LogP contribution in [0.2, 0.25) is 13.1 Å². The lowest BCUT2D eigenvalue weighted by Crippen LogP contribution is -2.37. The Morgan fingerprint density at radius 1 is 1.35 bits per heavy atom. The van der Waals surface area contributed by atoms with Crippen molar-refractivity contribution in [2.45, 2.75) is 32.4 Å². The minimum absolute atomic E-state index is 0.0881. The van der Waals surface area contributed by atoms with Crippen molar-refractivity contribution in [1.82, 2.24) is 0 Å². The van der Waals surface area contributed by atoms with E-state index in [1.165, 1.54) is 0 Å². The summed E-state index contributed by atoms with van der Waals surface area (Å²) in [4.78, 5) is 12.9. The summed E-state index contributed by atoms with van der Waals surface area (Å²) < 4.78 is 5.65. The second-order valence-electron chi connectivity index (χ2n) is 4.69. The Bertz CT molecular complexity index is 365. The van der Waals surface area contributed by atoms with E-state index in [2.05, 4.69) is 15.9 Å². The summed E-state index contributed by atoms with van der Waals surface area (Å²) in [5.41, 5.74) is 1.04. The van der Waals surface area contributed by atoms with Gasteiger partial charge in [-0.05, 0) is 25.1 Å². The fourth-order valence-electron chi connectivity index (χ4n) is 1.59. The lowest BCUT2D eigenvalue weighted by Gasteiger charge is -2.24. The van der Waals surface area contributed by atoms with Crippen molar-refractivity contribution in [2.75, 3.05) is 4.95 Å². The summed E-state index contributed by atoms with van der Waals surface area (Å²) in [6, 6.07) is 9.84. The number of benzene rings is 1. The van der Waals surface area contributed by atoms with Crippen molar-refractivity contribution in [1.29, 1.82) is 0 Å². The molecule has 0 bridgehead atoms. The minimum Gasteiger partial charge on any atom is -0.518 e. The molecular weight excluding hydrogens is 296 g/mol. The maximum absolute atomic E-state index is 12.1. The highest BCUT2D eigenvalue weighted by Gasteiger charge is 2.29. The number of rotatable bonds is 5. The van der Waals surface area contributed by atoms with Crippen LogP contribution >= 0.6 is 15.9 Å². The molecule has 0 saturated carbocycles. The predicted octanol–water partition coefficient (Wildman–Crippen LogP) is 3.86. The van der Waals surface area contributed by atoms with Gasteiger partial charge in [0.15, 0.2) is 0 Å². The zero-order valence-corrected chi connectivity index (χ0v) is 13.2. The van der Waals surface area contributed by atoms with Gasteiger partial charge in [0, 0.05) is 4.95 Å². The van der Waals surface area contributed by atoms with Crippen molar-refractivity contribution in [3.05, 3.63) is 35.9 Å². The molecule has 0 aliphatic rings. The van der Waals surface area contributed by atoms with Crippen LogP contribution in [0, 0.1) is 0 Å². The van der Waals surface area contributed by atoms with Crippen LogP contribution in [0.5, 0.6) is 0 Å². The molecule has 1 aromatic carbocycles. The Morgan fingerprint density at radius 2 is 1.94 bits per heavy atom. The molecular formula is C13H19BrO2Si. The van der Waals surface area contributed by atoms with Gasteiger partial charge in [-0.25, -0.2) is 0 Å². The molecule has 94 valence electrons. The molecule has 0 heterocycles. The molecule has 1 rings (SSSR count). The first-order valence-electron chi connectivity index (χ1n) is 5.84. The molecule has 0 aliphatic heterocycles. The summed E-state index contributed by atoms with van der Waals surface area (Å²) in [7, 11) is -1.89. The van der Waals surface area contributed by atoms with E-state index in [9.17, 15) is 4.79 Å². The average molecular weight is 315 g/mol. The molecule has 17 heavy (non-hydrogen) atoms. The Balaban J connectivity index is 2.79. The Labute approximate surface area is 113 Å². The second-order valence-corrected chi connectivity index (χ2v) is 10.4. The van der Waals surface area contributed by atoms with E-state index in [0.717, 1.165) is 16.9 Å². The van der Waals surface area contributed by atoms with E-state index in [0.29, 0.717) is 0 Å². The maximum atomic E-state index is 12.1. The number of carbonyl (C=O) groups is 1. The van der Waals surface area contributed by atoms with Crippen molar-refractivity contribution < 1.29 is 9.22 Å². The van der Waals surface area contributed by atoms with Crippen molar-refractivity contribution in [3.8, 4) is 0 Å². The topological polar surface area (TPSA) is 26.3 Å². The highest BCUT2D eigenvalue weighted by molar-refractivity contribution is 9.09. The lowest BCUT2D eigenvalue weighted by molar-refractivity contribution is -0.136. The summed E-state index contributed by atoms with van der Waals surface area (Å²) >= 11 is 3.41. The predicted molar refractivity (Wildman–Crippen MR) is 76.8 cm³/mol. The third kappa shape index (κ3) is 4.28. The van der Waals surface area contributed by atoms with E-state index in [4.69, 9.17) is 4.43 Å². The molecule has 0 saturated heterocycles. The van der Waals surface area contributed by atoms with Gasteiger partial charge in [0.1, 0.15) is 0 Å². The number of hydrogen-bond acceptors (Lipinski definition) is 2. The Morgan fingerprint density at radius 3 is 2.41 bits per heavy atom. The fourth-order valence-corrected chi connectivity index (χ4v) is 2.68. The molecule has 0 fully saturated rings. The monoisotopic (exact) mass is 314 g/mol. The summed E-state index contributed by atoms with van der Waals surface area (Å²) in [6.07, 6.45) is 0.773. The molecule has 1 atom stereocenters. The highest BCUT2D eigenvalue weighted by Crippen LogP contribution is 2.23. The van der Waals surface area contributed by atoms with E-state index < -0.39 is 8.32 Å². The van der Waals surface area contributed by atoms with E-state index >= 15 is 0 Å². The second kappa shape index (κ2) is 6.35. The molecule has 0 aromatic heterocycles. The molecule has 1 unspecified atom stereocenters. The largest absolute Gasteiger partial charge is 0.518 e. The number of carbonyl (C=O) groups excluding carboxylic acids is 1. The fraction of sp³-hybridized carbons (Fsp3) is 0.462. The zero-order chi connectivity index (χ0) is 12.9. The highest BCUT2D eigenvalue weighted by atomic mass is 79.9. The normalized spacial score (nSPS) is 13.2. The number of alkyl halides is 1. The minimum atomic E-state index is -1.89. The van der Waals surface area contributed by atoms with Gasteiger partial charge in [-0.2, -0.15) is 0 Å². The number of halogens is 1. The zero-order valence-electron chi connectivity index (χ0n) is 10.6. The van der Waals surface area contributed by atoms with Gasteiger partial charge in [0.2, 0.25) is 0 Å². The van der Waals surface area contributed by atoms with Gasteiger partial charge in [-0.15, -0.1) is 0 Å². The van der Waals surface area contributed by atoms with E-state index in [1.54, 1.807) is 0 Å². The van der Waals surface area contributed by atoms with Gasteiger partial charge in [0.25, 0.3) is 14.3 Å². The first-order chi connectivity index (χ1) is 8.00. The SMILES string of the molecule is CCC(C(=O)O[Si](C)(C)CBr)c1ccccc1. The van der Waals surface area contributed by atoms with Crippen molar-refractivity contribution in [2.24, 2.45) is 0 Å². The van der Waals surface area contributed by atoms with Gasteiger partial charge in [-0.3, -0.25) is 4.79 Å². The van der Waals surface area contributed by atoms with E-state index in [1.807, 2.05) is 50.3 Å². The first kappa shape index (κ1) is 14.4. The third-order valence-electron chi connectivity index (χ3n) is 2.59. The quantitative estimate of drug-likeness (QED) is 0.609. The summed E-state index contributed by atoms with van der Waals surface area (Å²) in [6.45, 7) is 6.09. The summed E-state index contributed by atoms with van der Waals surface area (Å²) in [5.74, 6) is -0.225. The molecule has 0 spiro atoms.